The van der Waals surface area contributed by atoms with Gasteiger partial charge in [-0.05, 0) is 26.3 Å². The predicted octanol–water partition coefficient (Wildman–Crippen LogP) is 1.19. The normalized spacial score (nSPS) is 24.2. The number of imidazole rings is 1. The van der Waals surface area contributed by atoms with Crippen molar-refractivity contribution >= 4 is 0 Å². The SMILES string of the molecule is Cc1cnc(C2CCCNC2)[nH]1. The van der Waals surface area contributed by atoms with Crippen LogP contribution in [0.3, 0.4) is 0 Å². The molecule has 0 saturated carbocycles. The minimum Gasteiger partial charge on any atom is -0.346 e. The lowest BCUT2D eigenvalue weighted by Gasteiger charge is -2.20. The molecule has 1 aliphatic heterocycles. The zero-order valence-corrected chi connectivity index (χ0v) is 7.43. The number of aromatic nitrogens is 2. The maximum atomic E-state index is 4.34. The third kappa shape index (κ3) is 1.50. The monoisotopic (exact) mass is 165 g/mol. The Kier molecular flexibility index (Phi) is 2.13. The van der Waals surface area contributed by atoms with Gasteiger partial charge in [0.15, 0.2) is 0 Å². The summed E-state index contributed by atoms with van der Waals surface area (Å²) in [5.41, 5.74) is 1.16. The lowest BCUT2D eigenvalue weighted by atomic mass is 9.99. The Labute approximate surface area is 72.6 Å². The molecule has 1 saturated heterocycles. The van der Waals surface area contributed by atoms with E-state index in [0.29, 0.717) is 5.92 Å². The molecular formula is C9H15N3. The van der Waals surface area contributed by atoms with E-state index in [0.717, 1.165) is 24.6 Å². The van der Waals surface area contributed by atoms with Crippen molar-refractivity contribution < 1.29 is 0 Å². The Balaban J connectivity index is 2.08. The van der Waals surface area contributed by atoms with Gasteiger partial charge in [0.1, 0.15) is 5.82 Å². The molecule has 0 radical (unpaired) electrons. The highest BCUT2D eigenvalue weighted by atomic mass is 15.0. The molecule has 0 amide bonds. The van der Waals surface area contributed by atoms with Crippen molar-refractivity contribution in [3.8, 4) is 0 Å². The Morgan fingerprint density at radius 3 is 3.08 bits per heavy atom. The summed E-state index contributed by atoms with van der Waals surface area (Å²) in [5.74, 6) is 1.76. The van der Waals surface area contributed by atoms with Gasteiger partial charge in [-0.15, -0.1) is 0 Å². The number of nitrogens with one attached hydrogen (secondary N) is 2. The summed E-state index contributed by atoms with van der Waals surface area (Å²) in [6.07, 6.45) is 4.44. The summed E-state index contributed by atoms with van der Waals surface area (Å²) in [4.78, 5) is 7.64. The van der Waals surface area contributed by atoms with Gasteiger partial charge in [-0.3, -0.25) is 0 Å². The van der Waals surface area contributed by atoms with Crippen molar-refractivity contribution in [2.75, 3.05) is 13.1 Å². The molecule has 3 nitrogen and oxygen atoms in total. The molecule has 2 N–H and O–H groups in total. The number of aromatic amines is 1. The van der Waals surface area contributed by atoms with Crippen LogP contribution in [0.4, 0.5) is 0 Å². The minimum absolute atomic E-state index is 0.604. The smallest absolute Gasteiger partial charge is 0.110 e. The maximum absolute atomic E-state index is 4.34. The maximum Gasteiger partial charge on any atom is 0.110 e. The molecule has 1 aromatic heterocycles. The van der Waals surface area contributed by atoms with E-state index in [1.54, 1.807) is 0 Å². The highest BCUT2D eigenvalue weighted by molar-refractivity contribution is 5.05. The second-order valence-corrected chi connectivity index (χ2v) is 3.49. The van der Waals surface area contributed by atoms with Crippen LogP contribution in [0.15, 0.2) is 6.20 Å². The first-order valence-electron chi connectivity index (χ1n) is 4.58. The first kappa shape index (κ1) is 7.80. The van der Waals surface area contributed by atoms with E-state index in [2.05, 4.69) is 15.3 Å². The largest absolute Gasteiger partial charge is 0.346 e. The number of nitrogens with zero attached hydrogens (tertiary/aromatic N) is 1. The van der Waals surface area contributed by atoms with Gasteiger partial charge >= 0.3 is 0 Å². The van der Waals surface area contributed by atoms with Crippen LogP contribution < -0.4 is 5.32 Å². The molecule has 0 aromatic carbocycles. The van der Waals surface area contributed by atoms with E-state index >= 15 is 0 Å². The van der Waals surface area contributed by atoms with Gasteiger partial charge in [0, 0.05) is 24.4 Å². The van der Waals surface area contributed by atoms with Crippen molar-refractivity contribution in [3.63, 3.8) is 0 Å². The van der Waals surface area contributed by atoms with E-state index in [1.807, 2.05) is 13.1 Å². The van der Waals surface area contributed by atoms with Gasteiger partial charge in [-0.1, -0.05) is 0 Å². The van der Waals surface area contributed by atoms with E-state index in [4.69, 9.17) is 0 Å². The van der Waals surface area contributed by atoms with Crippen LogP contribution >= 0.6 is 0 Å². The lowest BCUT2D eigenvalue weighted by molar-refractivity contribution is 0.448. The molecule has 0 bridgehead atoms. The third-order valence-electron chi connectivity index (χ3n) is 2.41. The average Bonchev–Trinajstić information content (AvgIpc) is 2.54. The Bertz CT molecular complexity index is 248. The number of hydrogen-bond acceptors (Lipinski definition) is 2. The Hall–Kier alpha value is -0.830. The molecule has 12 heavy (non-hydrogen) atoms. The summed E-state index contributed by atoms with van der Waals surface area (Å²) in [5, 5.41) is 3.38. The molecule has 66 valence electrons. The van der Waals surface area contributed by atoms with E-state index in [9.17, 15) is 0 Å². The summed E-state index contributed by atoms with van der Waals surface area (Å²) in [6.45, 7) is 4.29. The van der Waals surface area contributed by atoms with Crippen LogP contribution in [0.5, 0.6) is 0 Å². The molecule has 2 rings (SSSR count). The van der Waals surface area contributed by atoms with Crippen molar-refractivity contribution in [1.29, 1.82) is 0 Å². The molecule has 0 aliphatic carbocycles. The van der Waals surface area contributed by atoms with Crippen LogP contribution in [0.25, 0.3) is 0 Å². The third-order valence-corrected chi connectivity index (χ3v) is 2.41. The number of aryl methyl sites for hydroxylation is 1. The summed E-state index contributed by atoms with van der Waals surface area (Å²) in [7, 11) is 0. The first-order chi connectivity index (χ1) is 5.86. The van der Waals surface area contributed by atoms with E-state index in [-0.39, 0.29) is 0 Å². The second kappa shape index (κ2) is 3.27. The molecule has 0 spiro atoms. The number of piperidine rings is 1. The Morgan fingerprint density at radius 2 is 2.50 bits per heavy atom. The van der Waals surface area contributed by atoms with Crippen LogP contribution in [-0.4, -0.2) is 23.1 Å². The van der Waals surface area contributed by atoms with Crippen LogP contribution in [0.1, 0.15) is 30.3 Å². The van der Waals surface area contributed by atoms with E-state index in [1.165, 1.54) is 12.8 Å². The Morgan fingerprint density at radius 1 is 1.58 bits per heavy atom. The van der Waals surface area contributed by atoms with Gasteiger partial charge in [0.2, 0.25) is 0 Å². The first-order valence-corrected chi connectivity index (χ1v) is 4.58. The average molecular weight is 165 g/mol. The van der Waals surface area contributed by atoms with Gasteiger partial charge < -0.3 is 10.3 Å². The standard InChI is InChI=1S/C9H15N3/c1-7-5-11-9(12-7)8-3-2-4-10-6-8/h5,8,10H,2-4,6H2,1H3,(H,11,12). The fourth-order valence-electron chi connectivity index (χ4n) is 1.73. The molecule has 1 aromatic rings. The van der Waals surface area contributed by atoms with E-state index < -0.39 is 0 Å². The molecule has 1 fully saturated rings. The fraction of sp³-hybridized carbons (Fsp3) is 0.667. The highest BCUT2D eigenvalue weighted by Gasteiger charge is 2.16. The highest BCUT2D eigenvalue weighted by Crippen LogP contribution is 2.19. The predicted molar refractivity (Wildman–Crippen MR) is 48.2 cm³/mol. The second-order valence-electron chi connectivity index (χ2n) is 3.49. The van der Waals surface area contributed by atoms with Gasteiger partial charge in [0.05, 0.1) is 0 Å². The number of H-pyrrole nitrogens is 1. The fourth-order valence-corrected chi connectivity index (χ4v) is 1.73. The van der Waals surface area contributed by atoms with Gasteiger partial charge in [-0.2, -0.15) is 0 Å². The zero-order chi connectivity index (χ0) is 8.39. The van der Waals surface area contributed by atoms with Crippen LogP contribution in [-0.2, 0) is 0 Å². The minimum atomic E-state index is 0.604. The van der Waals surface area contributed by atoms with Crippen LogP contribution in [0.2, 0.25) is 0 Å². The van der Waals surface area contributed by atoms with Gasteiger partial charge in [0.25, 0.3) is 0 Å². The molecule has 1 atom stereocenters. The van der Waals surface area contributed by atoms with Crippen molar-refractivity contribution in [2.45, 2.75) is 25.7 Å². The number of hydrogen-bond donors (Lipinski definition) is 2. The van der Waals surface area contributed by atoms with Crippen molar-refractivity contribution in [3.05, 3.63) is 17.7 Å². The topological polar surface area (TPSA) is 40.7 Å². The van der Waals surface area contributed by atoms with Crippen molar-refractivity contribution in [2.24, 2.45) is 0 Å². The molecule has 1 aliphatic rings. The quantitative estimate of drug-likeness (QED) is 0.656. The summed E-state index contributed by atoms with van der Waals surface area (Å²) in [6, 6.07) is 0. The lowest BCUT2D eigenvalue weighted by Crippen LogP contribution is -2.28. The molecular weight excluding hydrogens is 150 g/mol. The molecule has 3 heteroatoms. The molecule has 2 heterocycles. The summed E-state index contributed by atoms with van der Waals surface area (Å²) >= 11 is 0. The molecule has 1 unspecified atom stereocenters. The van der Waals surface area contributed by atoms with Crippen molar-refractivity contribution in [1.82, 2.24) is 15.3 Å². The summed E-state index contributed by atoms with van der Waals surface area (Å²) < 4.78 is 0. The van der Waals surface area contributed by atoms with Crippen LogP contribution in [0, 0.1) is 6.92 Å². The zero-order valence-electron chi connectivity index (χ0n) is 7.43. The number of rotatable bonds is 1. The van der Waals surface area contributed by atoms with Gasteiger partial charge in [-0.25, -0.2) is 4.98 Å².